The summed E-state index contributed by atoms with van der Waals surface area (Å²) in [6.07, 6.45) is 0.994. The maximum absolute atomic E-state index is 14.0. The Morgan fingerprint density at radius 3 is 2.80 bits per heavy atom. The Morgan fingerprint density at radius 1 is 1.20 bits per heavy atom. The van der Waals surface area contributed by atoms with E-state index in [9.17, 15) is 4.39 Å². The first-order valence-electron chi connectivity index (χ1n) is 6.54. The van der Waals surface area contributed by atoms with Crippen LogP contribution in [0.25, 0.3) is 0 Å². The zero-order chi connectivity index (χ0) is 14.2. The molecule has 20 heavy (non-hydrogen) atoms. The topological polar surface area (TPSA) is 35.2 Å². The molecule has 0 spiro atoms. The van der Waals surface area contributed by atoms with E-state index in [-0.39, 0.29) is 5.82 Å². The van der Waals surface area contributed by atoms with Gasteiger partial charge in [0, 0.05) is 22.6 Å². The average molecular weight is 292 g/mol. The summed E-state index contributed by atoms with van der Waals surface area (Å²) in [6.45, 7) is 0.527. The van der Waals surface area contributed by atoms with Crippen molar-refractivity contribution in [3.63, 3.8) is 0 Å². The monoisotopic (exact) mass is 291 g/mol. The number of fused-ring (bicyclic) bond motifs is 1. The summed E-state index contributed by atoms with van der Waals surface area (Å²) in [5.74, 6) is 0.458. The molecule has 0 bridgehead atoms. The second-order valence-corrected chi connectivity index (χ2v) is 5.53. The quantitative estimate of drug-likeness (QED) is 0.916. The summed E-state index contributed by atoms with van der Waals surface area (Å²) in [5, 5.41) is 0.416. The molecule has 1 aliphatic heterocycles. The Hall–Kier alpha value is -1.58. The minimum atomic E-state index is -0.652. The van der Waals surface area contributed by atoms with Crippen LogP contribution < -0.4 is 10.5 Å². The van der Waals surface area contributed by atoms with Crippen molar-refractivity contribution in [1.29, 1.82) is 0 Å². The van der Waals surface area contributed by atoms with Crippen LogP contribution in [0.5, 0.6) is 5.75 Å². The molecular formula is C16H15ClFNO. The van der Waals surface area contributed by atoms with Crippen LogP contribution in [0.2, 0.25) is 5.02 Å². The maximum atomic E-state index is 14.0. The lowest BCUT2D eigenvalue weighted by molar-refractivity contribution is 0.214. The number of halogens is 2. The molecule has 3 rings (SSSR count). The third-order valence-electron chi connectivity index (χ3n) is 3.78. The van der Waals surface area contributed by atoms with Crippen LogP contribution >= 0.6 is 11.6 Å². The van der Waals surface area contributed by atoms with E-state index in [1.54, 1.807) is 12.1 Å². The van der Waals surface area contributed by atoms with Crippen molar-refractivity contribution in [2.75, 3.05) is 6.61 Å². The van der Waals surface area contributed by atoms with E-state index >= 15 is 0 Å². The first-order valence-corrected chi connectivity index (χ1v) is 6.92. The Morgan fingerprint density at radius 2 is 2.00 bits per heavy atom. The summed E-state index contributed by atoms with van der Waals surface area (Å²) in [7, 11) is 0. The van der Waals surface area contributed by atoms with Gasteiger partial charge in [-0.25, -0.2) is 4.39 Å². The van der Waals surface area contributed by atoms with E-state index in [1.165, 1.54) is 6.07 Å². The van der Waals surface area contributed by atoms with Gasteiger partial charge in [0.15, 0.2) is 0 Å². The molecule has 0 radical (unpaired) electrons. The van der Waals surface area contributed by atoms with Gasteiger partial charge in [0.2, 0.25) is 0 Å². The minimum Gasteiger partial charge on any atom is -0.493 e. The van der Waals surface area contributed by atoms with E-state index in [1.807, 2.05) is 24.3 Å². The Balaban J connectivity index is 2.02. The number of hydrogen-bond acceptors (Lipinski definition) is 2. The molecule has 2 aromatic carbocycles. The highest BCUT2D eigenvalue weighted by molar-refractivity contribution is 6.31. The summed E-state index contributed by atoms with van der Waals surface area (Å²) < 4.78 is 19.6. The summed E-state index contributed by atoms with van der Waals surface area (Å²) in [4.78, 5) is 0. The molecule has 1 aliphatic rings. The van der Waals surface area contributed by atoms with Gasteiger partial charge in [-0.3, -0.25) is 0 Å². The second-order valence-electron chi connectivity index (χ2n) is 5.13. The summed E-state index contributed by atoms with van der Waals surface area (Å²) in [5.41, 5.74) is 7.26. The van der Waals surface area contributed by atoms with Gasteiger partial charge >= 0.3 is 0 Å². The molecule has 2 nitrogen and oxygen atoms in total. The van der Waals surface area contributed by atoms with E-state index < -0.39 is 5.54 Å². The van der Waals surface area contributed by atoms with Crippen LogP contribution in [-0.4, -0.2) is 6.61 Å². The highest BCUT2D eigenvalue weighted by atomic mass is 35.5. The highest BCUT2D eigenvalue weighted by Gasteiger charge is 2.35. The first-order chi connectivity index (χ1) is 9.60. The summed E-state index contributed by atoms with van der Waals surface area (Å²) in [6, 6.07) is 12.3. The van der Waals surface area contributed by atoms with E-state index in [2.05, 4.69) is 0 Å². The number of benzene rings is 2. The number of rotatable bonds is 2. The Bertz CT molecular complexity index is 626. The average Bonchev–Trinajstić information content (AvgIpc) is 2.44. The molecular weight excluding hydrogens is 277 g/mol. The Labute approximate surface area is 122 Å². The summed E-state index contributed by atoms with van der Waals surface area (Å²) >= 11 is 6.11. The molecule has 0 aromatic heterocycles. The lowest BCUT2D eigenvalue weighted by atomic mass is 9.80. The zero-order valence-electron chi connectivity index (χ0n) is 10.9. The van der Waals surface area contributed by atoms with Crippen LogP contribution in [0, 0.1) is 5.82 Å². The molecule has 0 saturated heterocycles. The van der Waals surface area contributed by atoms with Gasteiger partial charge in [-0.1, -0.05) is 35.9 Å². The van der Waals surface area contributed by atoms with Gasteiger partial charge in [-0.2, -0.15) is 0 Å². The predicted octanol–water partition coefficient (Wildman–Crippen LogP) is 3.66. The number of para-hydroxylation sites is 1. The smallest absolute Gasteiger partial charge is 0.127 e. The van der Waals surface area contributed by atoms with Crippen molar-refractivity contribution >= 4 is 11.6 Å². The first kappa shape index (κ1) is 13.4. The Kier molecular flexibility index (Phi) is 3.40. The lowest BCUT2D eigenvalue weighted by Crippen LogP contribution is -2.43. The van der Waals surface area contributed by atoms with Crippen molar-refractivity contribution in [2.45, 2.75) is 18.4 Å². The van der Waals surface area contributed by atoms with Crippen molar-refractivity contribution in [2.24, 2.45) is 5.73 Å². The van der Waals surface area contributed by atoms with E-state index in [0.717, 1.165) is 11.3 Å². The number of ether oxygens (including phenoxy) is 1. The van der Waals surface area contributed by atoms with Crippen molar-refractivity contribution < 1.29 is 9.13 Å². The normalized spacial score (nSPS) is 21.1. The fourth-order valence-corrected chi connectivity index (χ4v) is 2.91. The molecule has 0 aliphatic carbocycles. The fraction of sp³-hybridized carbons (Fsp3) is 0.250. The zero-order valence-corrected chi connectivity index (χ0v) is 11.7. The van der Waals surface area contributed by atoms with Crippen LogP contribution in [0.4, 0.5) is 4.39 Å². The SMILES string of the molecule is NC1(Cc2c(F)cccc2Cl)CCOc2ccccc21. The largest absolute Gasteiger partial charge is 0.493 e. The third kappa shape index (κ3) is 2.28. The van der Waals surface area contributed by atoms with Gasteiger partial charge in [0.1, 0.15) is 11.6 Å². The van der Waals surface area contributed by atoms with Crippen molar-refractivity contribution in [1.82, 2.24) is 0 Å². The van der Waals surface area contributed by atoms with Gasteiger partial charge in [0.25, 0.3) is 0 Å². The number of hydrogen-bond donors (Lipinski definition) is 1. The minimum absolute atomic E-state index is 0.314. The predicted molar refractivity (Wildman–Crippen MR) is 77.5 cm³/mol. The third-order valence-corrected chi connectivity index (χ3v) is 4.14. The van der Waals surface area contributed by atoms with Gasteiger partial charge < -0.3 is 10.5 Å². The van der Waals surface area contributed by atoms with Gasteiger partial charge in [0.05, 0.1) is 12.1 Å². The van der Waals surface area contributed by atoms with Crippen LogP contribution in [0.1, 0.15) is 17.5 Å². The second kappa shape index (κ2) is 5.08. The molecule has 4 heteroatoms. The van der Waals surface area contributed by atoms with Gasteiger partial charge in [-0.15, -0.1) is 0 Å². The van der Waals surface area contributed by atoms with Crippen molar-refractivity contribution in [3.05, 3.63) is 64.4 Å². The van der Waals surface area contributed by atoms with Crippen LogP contribution in [0.3, 0.4) is 0 Å². The molecule has 1 heterocycles. The molecule has 0 fully saturated rings. The molecule has 0 amide bonds. The number of nitrogens with two attached hydrogens (primary N) is 1. The van der Waals surface area contributed by atoms with Crippen LogP contribution in [-0.2, 0) is 12.0 Å². The molecule has 2 N–H and O–H groups in total. The van der Waals surface area contributed by atoms with Crippen molar-refractivity contribution in [3.8, 4) is 5.75 Å². The van der Waals surface area contributed by atoms with Crippen LogP contribution in [0.15, 0.2) is 42.5 Å². The molecule has 1 atom stereocenters. The maximum Gasteiger partial charge on any atom is 0.127 e. The van der Waals surface area contributed by atoms with Gasteiger partial charge in [-0.05, 0) is 24.6 Å². The fourth-order valence-electron chi connectivity index (χ4n) is 2.68. The highest BCUT2D eigenvalue weighted by Crippen LogP contribution is 2.38. The van der Waals surface area contributed by atoms with E-state index in [4.69, 9.17) is 22.1 Å². The molecule has 0 saturated carbocycles. The lowest BCUT2D eigenvalue weighted by Gasteiger charge is -2.36. The standard InChI is InChI=1S/C16H15ClFNO/c17-13-5-3-6-14(18)11(13)10-16(19)8-9-20-15-7-2-1-4-12(15)16/h1-7H,8-10,19H2. The molecule has 104 valence electrons. The van der Waals surface area contributed by atoms with E-state index in [0.29, 0.717) is 30.0 Å². The molecule has 1 unspecified atom stereocenters. The molecule has 2 aromatic rings.